The average molecular weight is 508 g/mol. The Morgan fingerprint density at radius 1 is 0.893 bits per heavy atom. The summed E-state index contributed by atoms with van der Waals surface area (Å²) >= 11 is 7.13. The zero-order chi connectivity index (χ0) is 19.1. The molecule has 148 valence electrons. The van der Waals surface area contributed by atoms with Gasteiger partial charge >= 0.3 is 0 Å². The van der Waals surface area contributed by atoms with Gasteiger partial charge in [-0.25, -0.2) is 0 Å². The number of nitrogens with zero attached hydrogens (tertiary/aromatic N) is 2. The predicted octanol–water partition coefficient (Wildman–Crippen LogP) is 6.10. The number of benzene rings is 2. The van der Waals surface area contributed by atoms with Crippen LogP contribution in [-0.4, -0.2) is 43.3 Å². The van der Waals surface area contributed by atoms with E-state index in [1.54, 1.807) is 0 Å². The summed E-state index contributed by atoms with van der Waals surface area (Å²) in [7, 11) is 0. The minimum atomic E-state index is 0.505. The molecule has 0 N–H and O–H groups in total. The molecule has 0 radical (unpaired) electrons. The van der Waals surface area contributed by atoms with E-state index < -0.39 is 0 Å². The molecular formula is C22H24Br2N2O2. The van der Waals surface area contributed by atoms with Gasteiger partial charge in [0.15, 0.2) is 11.5 Å². The van der Waals surface area contributed by atoms with E-state index in [0.29, 0.717) is 12.1 Å². The van der Waals surface area contributed by atoms with Gasteiger partial charge in [-0.05, 0) is 62.2 Å². The van der Waals surface area contributed by atoms with Gasteiger partial charge in [0.1, 0.15) is 0 Å². The largest absolute Gasteiger partial charge is 0.453 e. The third-order valence-corrected chi connectivity index (χ3v) is 6.97. The topological polar surface area (TPSA) is 24.9 Å². The van der Waals surface area contributed by atoms with Crippen LogP contribution in [0.15, 0.2) is 45.3 Å². The first kappa shape index (κ1) is 18.9. The highest BCUT2D eigenvalue weighted by molar-refractivity contribution is 9.10. The van der Waals surface area contributed by atoms with Crippen molar-refractivity contribution in [3.63, 3.8) is 0 Å². The number of anilines is 2. The Hall–Kier alpha value is -1.08. The summed E-state index contributed by atoms with van der Waals surface area (Å²) in [5, 5.41) is 0. The third kappa shape index (κ3) is 3.72. The summed E-state index contributed by atoms with van der Waals surface area (Å²) in [6.45, 7) is 4.29. The third-order valence-electron chi connectivity index (χ3n) is 5.99. The number of hydrogen-bond acceptors (Lipinski definition) is 4. The minimum absolute atomic E-state index is 0.505. The quantitative estimate of drug-likeness (QED) is 0.441. The van der Waals surface area contributed by atoms with E-state index in [-0.39, 0.29) is 0 Å². The molecule has 2 saturated heterocycles. The molecule has 28 heavy (non-hydrogen) atoms. The maximum atomic E-state index is 6.17. The molecule has 2 fully saturated rings. The molecule has 0 saturated carbocycles. The number of morpholine rings is 1. The first-order valence-corrected chi connectivity index (χ1v) is 11.7. The van der Waals surface area contributed by atoms with Crippen LogP contribution in [0.3, 0.4) is 0 Å². The van der Waals surface area contributed by atoms with Crippen LogP contribution in [0.25, 0.3) is 0 Å². The molecule has 0 aromatic heterocycles. The highest BCUT2D eigenvalue weighted by atomic mass is 79.9. The van der Waals surface area contributed by atoms with Crippen molar-refractivity contribution >= 4 is 43.2 Å². The Morgan fingerprint density at radius 2 is 1.57 bits per heavy atom. The number of hydrogen-bond donors (Lipinski definition) is 0. The highest BCUT2D eigenvalue weighted by Gasteiger charge is 2.38. The Morgan fingerprint density at radius 3 is 2.18 bits per heavy atom. The average Bonchev–Trinajstić information content (AvgIpc) is 3.30. The maximum absolute atomic E-state index is 6.17. The van der Waals surface area contributed by atoms with Gasteiger partial charge in [-0.3, -0.25) is 4.90 Å². The smallest absolute Gasteiger partial charge is 0.152 e. The van der Waals surface area contributed by atoms with E-state index in [9.17, 15) is 0 Å². The summed E-state index contributed by atoms with van der Waals surface area (Å²) in [5.41, 5.74) is 2.29. The second-order valence-corrected chi connectivity index (χ2v) is 9.71. The Kier molecular flexibility index (Phi) is 5.39. The summed E-state index contributed by atoms with van der Waals surface area (Å²) in [6.07, 6.45) is 5.42. The predicted molar refractivity (Wildman–Crippen MR) is 119 cm³/mol. The lowest BCUT2D eigenvalue weighted by molar-refractivity contribution is 0.0300. The van der Waals surface area contributed by atoms with Crippen LogP contribution in [-0.2, 0) is 4.74 Å². The van der Waals surface area contributed by atoms with Crippen molar-refractivity contribution in [2.45, 2.75) is 37.8 Å². The second-order valence-electron chi connectivity index (χ2n) is 7.88. The van der Waals surface area contributed by atoms with Crippen molar-refractivity contribution in [1.29, 1.82) is 0 Å². The van der Waals surface area contributed by atoms with Crippen molar-refractivity contribution in [2.75, 3.05) is 31.1 Å². The summed E-state index contributed by atoms with van der Waals surface area (Å²) < 4.78 is 13.9. The molecular weight excluding hydrogens is 484 g/mol. The van der Waals surface area contributed by atoms with Gasteiger partial charge in [-0.15, -0.1) is 0 Å². The summed E-state index contributed by atoms with van der Waals surface area (Å²) in [5.74, 6) is 1.82. The van der Waals surface area contributed by atoms with Gasteiger partial charge in [-0.2, -0.15) is 0 Å². The number of unbranched alkanes of at least 4 members (excludes halogenated alkanes) is 2. The van der Waals surface area contributed by atoms with Crippen LogP contribution in [0.5, 0.6) is 11.5 Å². The Labute approximate surface area is 183 Å². The molecule has 3 aliphatic rings. The lowest BCUT2D eigenvalue weighted by atomic mass is 10.1. The Balaban J connectivity index is 1.23. The zero-order valence-corrected chi connectivity index (χ0v) is 18.9. The van der Waals surface area contributed by atoms with Gasteiger partial charge in [0.05, 0.1) is 24.1 Å². The SMILES string of the molecule is Brc1ccc2c(c1)Oc1cc(Br)ccc1N2CCCCCN1C[C@H]2C[C@@H]1CO2. The van der Waals surface area contributed by atoms with E-state index in [4.69, 9.17) is 9.47 Å². The van der Waals surface area contributed by atoms with E-state index in [1.165, 1.54) is 32.2 Å². The van der Waals surface area contributed by atoms with Gasteiger partial charge in [-0.1, -0.05) is 38.3 Å². The molecule has 0 aliphatic carbocycles. The lowest BCUT2D eigenvalue weighted by Gasteiger charge is -2.33. The van der Waals surface area contributed by atoms with E-state index in [1.807, 2.05) is 0 Å². The summed E-state index contributed by atoms with van der Waals surface area (Å²) in [6, 6.07) is 13.2. The normalized spacial score (nSPS) is 22.9. The molecule has 2 aromatic rings. The molecule has 5 rings (SSSR count). The number of rotatable bonds is 6. The molecule has 2 bridgehead atoms. The van der Waals surface area contributed by atoms with Crippen LogP contribution >= 0.6 is 31.9 Å². The number of halogens is 2. The monoisotopic (exact) mass is 506 g/mol. The van der Waals surface area contributed by atoms with Crippen molar-refractivity contribution < 1.29 is 9.47 Å². The van der Waals surface area contributed by atoms with Gasteiger partial charge in [0.25, 0.3) is 0 Å². The number of fused-ring (bicyclic) bond motifs is 4. The number of ether oxygens (including phenoxy) is 2. The fraction of sp³-hybridized carbons (Fsp3) is 0.455. The molecule has 3 aliphatic heterocycles. The maximum Gasteiger partial charge on any atom is 0.152 e. The van der Waals surface area contributed by atoms with Crippen molar-refractivity contribution in [3.05, 3.63) is 45.3 Å². The molecule has 0 amide bonds. The fourth-order valence-electron chi connectivity index (χ4n) is 4.59. The molecule has 3 heterocycles. The van der Waals surface area contributed by atoms with E-state index in [2.05, 4.69) is 78.1 Å². The molecule has 2 aromatic carbocycles. The fourth-order valence-corrected chi connectivity index (χ4v) is 5.27. The van der Waals surface area contributed by atoms with Crippen molar-refractivity contribution in [1.82, 2.24) is 4.90 Å². The first-order chi connectivity index (χ1) is 13.7. The summed E-state index contributed by atoms with van der Waals surface area (Å²) in [4.78, 5) is 5.03. The van der Waals surface area contributed by atoms with E-state index >= 15 is 0 Å². The number of likely N-dealkylation sites (tertiary alicyclic amines) is 1. The molecule has 6 heteroatoms. The lowest BCUT2D eigenvalue weighted by Crippen LogP contribution is -2.37. The molecule has 0 spiro atoms. The van der Waals surface area contributed by atoms with Crippen molar-refractivity contribution in [2.24, 2.45) is 0 Å². The van der Waals surface area contributed by atoms with Gasteiger partial charge < -0.3 is 14.4 Å². The molecule has 4 nitrogen and oxygen atoms in total. The van der Waals surface area contributed by atoms with Crippen LogP contribution in [0, 0.1) is 0 Å². The second kappa shape index (κ2) is 7.98. The van der Waals surface area contributed by atoms with Crippen LogP contribution < -0.4 is 9.64 Å². The Bertz CT molecular complexity index is 824. The van der Waals surface area contributed by atoms with Crippen LogP contribution in [0.2, 0.25) is 0 Å². The zero-order valence-electron chi connectivity index (χ0n) is 15.7. The molecule has 0 unspecified atom stereocenters. The minimum Gasteiger partial charge on any atom is -0.453 e. The standard InChI is InChI=1S/C22H24Br2N2O2/c23-15-4-6-19-21(10-15)28-22-11-16(24)5-7-20(22)26(19)9-3-1-2-8-25-13-18-12-17(25)14-27-18/h4-7,10-11,17-18H,1-3,8-9,12-14H2/t17-,18-/m1/s1. The van der Waals surface area contributed by atoms with Crippen LogP contribution in [0.4, 0.5) is 11.4 Å². The first-order valence-electron chi connectivity index (χ1n) is 10.1. The van der Waals surface area contributed by atoms with Crippen LogP contribution in [0.1, 0.15) is 25.7 Å². The van der Waals surface area contributed by atoms with Gasteiger partial charge in [0, 0.05) is 28.1 Å². The highest BCUT2D eigenvalue weighted by Crippen LogP contribution is 2.48. The van der Waals surface area contributed by atoms with Gasteiger partial charge in [0.2, 0.25) is 0 Å². The van der Waals surface area contributed by atoms with E-state index in [0.717, 1.165) is 51.5 Å². The van der Waals surface area contributed by atoms with Crippen molar-refractivity contribution in [3.8, 4) is 11.5 Å². The molecule has 2 atom stereocenters.